The fourth-order valence-electron chi connectivity index (χ4n) is 3.35. The first-order chi connectivity index (χ1) is 13.7. The fourth-order valence-corrected chi connectivity index (χ4v) is 3.35. The number of para-hydroxylation sites is 1. The minimum absolute atomic E-state index is 0.0787. The molecule has 2 aromatic carbocycles. The van der Waals surface area contributed by atoms with Gasteiger partial charge in [-0.3, -0.25) is 4.79 Å². The van der Waals surface area contributed by atoms with Crippen LogP contribution < -0.4 is 10.1 Å². The Hall–Kier alpha value is -3.02. The maximum Gasteiger partial charge on any atom is 0.317 e. The Morgan fingerprint density at radius 3 is 2.29 bits per heavy atom. The number of ether oxygens (including phenoxy) is 1. The number of hydrogen-bond acceptors (Lipinski definition) is 3. The van der Waals surface area contributed by atoms with E-state index in [1.807, 2.05) is 59.5 Å². The van der Waals surface area contributed by atoms with E-state index in [9.17, 15) is 9.59 Å². The molecule has 1 heterocycles. The van der Waals surface area contributed by atoms with Crippen LogP contribution in [0.2, 0.25) is 0 Å². The van der Waals surface area contributed by atoms with Gasteiger partial charge in [-0.25, -0.2) is 4.79 Å². The molecule has 0 atom stereocenters. The zero-order chi connectivity index (χ0) is 19.8. The number of hydrogen-bond donors (Lipinski definition) is 1. The van der Waals surface area contributed by atoms with Crippen molar-refractivity contribution in [3.8, 4) is 5.75 Å². The van der Waals surface area contributed by atoms with E-state index < -0.39 is 0 Å². The number of nitrogens with zero attached hydrogens (tertiary/aromatic N) is 2. The molecule has 148 valence electrons. The lowest BCUT2D eigenvalue weighted by atomic mass is 10.1. The van der Waals surface area contributed by atoms with Crippen molar-refractivity contribution in [1.29, 1.82) is 0 Å². The summed E-state index contributed by atoms with van der Waals surface area (Å²) in [6.07, 6.45) is 1.10. The van der Waals surface area contributed by atoms with Crippen LogP contribution in [0.4, 0.5) is 4.79 Å². The molecule has 3 amide bonds. The van der Waals surface area contributed by atoms with Gasteiger partial charge in [0.05, 0.1) is 7.11 Å². The topological polar surface area (TPSA) is 61.9 Å². The van der Waals surface area contributed by atoms with Gasteiger partial charge in [-0.05, 0) is 23.6 Å². The predicted octanol–water partition coefficient (Wildman–Crippen LogP) is 2.68. The lowest BCUT2D eigenvalue weighted by molar-refractivity contribution is -0.132. The van der Waals surface area contributed by atoms with Gasteiger partial charge >= 0.3 is 6.03 Å². The van der Waals surface area contributed by atoms with Gasteiger partial charge in [-0.1, -0.05) is 48.5 Å². The van der Waals surface area contributed by atoms with E-state index >= 15 is 0 Å². The zero-order valence-corrected chi connectivity index (χ0v) is 16.3. The normalized spacial score (nSPS) is 13.9. The smallest absolute Gasteiger partial charge is 0.317 e. The molecule has 28 heavy (non-hydrogen) atoms. The highest BCUT2D eigenvalue weighted by Crippen LogP contribution is 2.19. The number of aryl methyl sites for hydroxylation is 1. The van der Waals surface area contributed by atoms with Gasteiger partial charge in [0.2, 0.25) is 5.91 Å². The van der Waals surface area contributed by atoms with Crippen LogP contribution in [0.1, 0.15) is 17.5 Å². The summed E-state index contributed by atoms with van der Waals surface area (Å²) in [5.74, 6) is 0.936. The maximum atomic E-state index is 12.5. The Morgan fingerprint density at radius 1 is 0.929 bits per heavy atom. The number of urea groups is 1. The Balaban J connectivity index is 1.41. The second-order valence-electron chi connectivity index (χ2n) is 6.82. The van der Waals surface area contributed by atoms with Crippen LogP contribution in [-0.4, -0.2) is 55.0 Å². The second-order valence-corrected chi connectivity index (χ2v) is 6.82. The third kappa shape index (κ3) is 5.25. The highest BCUT2D eigenvalue weighted by atomic mass is 16.5. The molecule has 0 spiro atoms. The largest absolute Gasteiger partial charge is 0.496 e. The van der Waals surface area contributed by atoms with Gasteiger partial charge < -0.3 is 19.9 Å². The van der Waals surface area contributed by atoms with Crippen molar-refractivity contribution < 1.29 is 14.3 Å². The minimum Gasteiger partial charge on any atom is -0.496 e. The first-order valence-corrected chi connectivity index (χ1v) is 9.63. The number of methoxy groups -OCH3 is 1. The van der Waals surface area contributed by atoms with E-state index in [4.69, 9.17) is 4.74 Å². The molecule has 1 aliphatic rings. The Morgan fingerprint density at radius 2 is 1.57 bits per heavy atom. The van der Waals surface area contributed by atoms with Gasteiger partial charge in [-0.15, -0.1) is 0 Å². The molecule has 0 unspecified atom stereocenters. The minimum atomic E-state index is -0.0787. The van der Waals surface area contributed by atoms with E-state index in [0.717, 1.165) is 16.9 Å². The van der Waals surface area contributed by atoms with Gasteiger partial charge in [0.25, 0.3) is 0 Å². The first kappa shape index (κ1) is 19.7. The number of carbonyl (C=O) groups excluding carboxylic acids is 2. The second kappa shape index (κ2) is 9.78. The van der Waals surface area contributed by atoms with Crippen molar-refractivity contribution in [2.75, 3.05) is 33.3 Å². The van der Waals surface area contributed by atoms with Gasteiger partial charge in [-0.2, -0.15) is 0 Å². The SMILES string of the molecule is COc1ccccc1CCC(=O)N1CCN(C(=O)NCc2ccccc2)CC1. The van der Waals surface area contributed by atoms with E-state index in [1.165, 1.54) is 0 Å². The van der Waals surface area contributed by atoms with Crippen LogP contribution in [0, 0.1) is 0 Å². The summed E-state index contributed by atoms with van der Waals surface area (Å²) in [5.41, 5.74) is 2.11. The molecule has 1 N–H and O–H groups in total. The molecule has 0 bridgehead atoms. The highest BCUT2D eigenvalue weighted by Gasteiger charge is 2.23. The Labute approximate surface area is 166 Å². The molecule has 6 nitrogen and oxygen atoms in total. The molecule has 0 aromatic heterocycles. The number of nitrogens with one attached hydrogen (secondary N) is 1. The van der Waals surface area contributed by atoms with E-state index in [-0.39, 0.29) is 11.9 Å². The number of benzene rings is 2. The highest BCUT2D eigenvalue weighted by molar-refractivity contribution is 5.78. The van der Waals surface area contributed by atoms with Crippen LogP contribution in [0.15, 0.2) is 54.6 Å². The van der Waals surface area contributed by atoms with Crippen molar-refractivity contribution in [1.82, 2.24) is 15.1 Å². The average Bonchev–Trinajstić information content (AvgIpc) is 2.76. The summed E-state index contributed by atoms with van der Waals surface area (Å²) in [6.45, 7) is 2.77. The average molecular weight is 381 g/mol. The molecular weight excluding hydrogens is 354 g/mol. The number of carbonyl (C=O) groups is 2. The van der Waals surface area contributed by atoms with E-state index in [1.54, 1.807) is 12.0 Å². The van der Waals surface area contributed by atoms with Crippen LogP contribution in [0.3, 0.4) is 0 Å². The summed E-state index contributed by atoms with van der Waals surface area (Å²) in [6, 6.07) is 17.5. The van der Waals surface area contributed by atoms with Crippen molar-refractivity contribution in [3.05, 3.63) is 65.7 Å². The third-order valence-corrected chi connectivity index (χ3v) is 5.01. The van der Waals surface area contributed by atoms with Gasteiger partial charge in [0.15, 0.2) is 0 Å². The summed E-state index contributed by atoms with van der Waals surface area (Å²) >= 11 is 0. The molecular formula is C22H27N3O3. The molecule has 1 aliphatic heterocycles. The van der Waals surface area contributed by atoms with Crippen LogP contribution >= 0.6 is 0 Å². The number of piperazine rings is 1. The van der Waals surface area contributed by atoms with Crippen molar-refractivity contribution in [2.45, 2.75) is 19.4 Å². The van der Waals surface area contributed by atoms with Gasteiger partial charge in [0.1, 0.15) is 5.75 Å². The van der Waals surface area contributed by atoms with Crippen molar-refractivity contribution in [2.24, 2.45) is 0 Å². The molecule has 1 fully saturated rings. The maximum absolute atomic E-state index is 12.5. The van der Waals surface area contributed by atoms with Crippen LogP contribution in [0.5, 0.6) is 5.75 Å². The van der Waals surface area contributed by atoms with Crippen molar-refractivity contribution >= 4 is 11.9 Å². The molecule has 0 saturated carbocycles. The molecule has 6 heteroatoms. The lowest BCUT2D eigenvalue weighted by Gasteiger charge is -2.34. The zero-order valence-electron chi connectivity index (χ0n) is 16.3. The summed E-state index contributed by atoms with van der Waals surface area (Å²) in [5, 5.41) is 2.94. The molecule has 2 aromatic rings. The van der Waals surface area contributed by atoms with E-state index in [2.05, 4.69) is 5.32 Å². The fraction of sp³-hybridized carbons (Fsp3) is 0.364. The Bertz CT molecular complexity index is 787. The molecule has 3 rings (SSSR count). The van der Waals surface area contributed by atoms with Crippen molar-refractivity contribution in [3.63, 3.8) is 0 Å². The van der Waals surface area contributed by atoms with Gasteiger partial charge in [0, 0.05) is 39.1 Å². The third-order valence-electron chi connectivity index (χ3n) is 5.01. The molecule has 0 aliphatic carbocycles. The predicted molar refractivity (Wildman–Crippen MR) is 108 cm³/mol. The molecule has 0 radical (unpaired) electrons. The van der Waals surface area contributed by atoms with E-state index in [0.29, 0.717) is 45.6 Å². The Kier molecular flexibility index (Phi) is 6.89. The number of amides is 3. The summed E-state index contributed by atoms with van der Waals surface area (Å²) < 4.78 is 5.34. The summed E-state index contributed by atoms with van der Waals surface area (Å²) in [7, 11) is 1.64. The monoisotopic (exact) mass is 381 g/mol. The van der Waals surface area contributed by atoms with Crippen LogP contribution in [0.25, 0.3) is 0 Å². The summed E-state index contributed by atoms with van der Waals surface area (Å²) in [4.78, 5) is 28.5. The van der Waals surface area contributed by atoms with Crippen LogP contribution in [-0.2, 0) is 17.8 Å². The molecule has 1 saturated heterocycles. The quantitative estimate of drug-likeness (QED) is 0.837. The number of rotatable bonds is 6. The first-order valence-electron chi connectivity index (χ1n) is 9.63. The standard InChI is InChI=1S/C22H27N3O3/c1-28-20-10-6-5-9-19(20)11-12-21(26)24-13-15-25(16-14-24)22(27)23-17-18-7-3-2-4-8-18/h2-10H,11-17H2,1H3,(H,23,27). The lowest BCUT2D eigenvalue weighted by Crippen LogP contribution is -2.53.